The van der Waals surface area contributed by atoms with Gasteiger partial charge in [-0.2, -0.15) is 0 Å². The zero-order chi connectivity index (χ0) is 13.7. The highest BCUT2D eigenvalue weighted by Gasteiger charge is 2.02. The van der Waals surface area contributed by atoms with Crippen LogP contribution in [0.5, 0.6) is 0 Å². The van der Waals surface area contributed by atoms with Crippen LogP contribution in [0.15, 0.2) is 42.5 Å². The topological polar surface area (TPSA) is 12.0 Å². The number of hydrogen-bond donors (Lipinski definition) is 1. The van der Waals surface area contributed by atoms with E-state index in [1.54, 1.807) is 12.1 Å². The molecule has 0 saturated heterocycles. The predicted octanol–water partition coefficient (Wildman–Crippen LogP) is 4.51. The minimum atomic E-state index is -0.244. The Hall–Kier alpha value is -1.09. The van der Waals surface area contributed by atoms with Gasteiger partial charge in [-0.05, 0) is 29.3 Å². The van der Waals surface area contributed by atoms with Gasteiger partial charge in [-0.3, -0.25) is 0 Å². The predicted molar refractivity (Wildman–Crippen MR) is 78.0 cm³/mol. The van der Waals surface area contributed by atoms with Gasteiger partial charge in [-0.1, -0.05) is 35.9 Å². The summed E-state index contributed by atoms with van der Waals surface area (Å²) in [5.41, 5.74) is 2.77. The zero-order valence-electron chi connectivity index (χ0n) is 10.3. The number of hydrogen-bond acceptors (Lipinski definition) is 1. The largest absolute Gasteiger partial charge is 0.309 e. The van der Waals surface area contributed by atoms with Crippen molar-refractivity contribution in [2.45, 2.75) is 19.0 Å². The van der Waals surface area contributed by atoms with E-state index in [0.717, 1.165) is 11.1 Å². The lowest BCUT2D eigenvalue weighted by molar-refractivity contribution is 0.588. The van der Waals surface area contributed by atoms with Crippen LogP contribution in [0.3, 0.4) is 0 Å². The van der Waals surface area contributed by atoms with Crippen molar-refractivity contribution >= 4 is 23.2 Å². The first-order valence-corrected chi connectivity index (χ1v) is 6.88. The van der Waals surface area contributed by atoms with E-state index in [-0.39, 0.29) is 5.82 Å². The second-order valence-corrected chi connectivity index (χ2v) is 5.00. The fourth-order valence-corrected chi connectivity index (χ4v) is 2.20. The Morgan fingerprint density at radius 1 is 1.00 bits per heavy atom. The average Bonchev–Trinajstić information content (AvgIpc) is 2.43. The molecule has 1 nitrogen and oxygen atoms in total. The molecule has 0 aliphatic rings. The fourth-order valence-electron chi connectivity index (χ4n) is 1.84. The van der Waals surface area contributed by atoms with Crippen LogP contribution in [0.1, 0.15) is 16.7 Å². The van der Waals surface area contributed by atoms with E-state index in [1.807, 2.05) is 24.3 Å². The van der Waals surface area contributed by atoms with Crippen molar-refractivity contribution in [3.63, 3.8) is 0 Å². The van der Waals surface area contributed by atoms with Gasteiger partial charge in [0.05, 0.1) is 0 Å². The van der Waals surface area contributed by atoms with E-state index >= 15 is 0 Å². The van der Waals surface area contributed by atoms with Crippen molar-refractivity contribution in [3.8, 4) is 0 Å². The summed E-state index contributed by atoms with van der Waals surface area (Å²) >= 11 is 11.6. The molecule has 1 N–H and O–H groups in total. The van der Waals surface area contributed by atoms with E-state index in [0.29, 0.717) is 29.6 Å². The van der Waals surface area contributed by atoms with Gasteiger partial charge in [0.15, 0.2) is 0 Å². The molecule has 19 heavy (non-hydrogen) atoms. The number of alkyl halides is 1. The second-order valence-electron chi connectivity index (χ2n) is 4.29. The Morgan fingerprint density at radius 2 is 1.79 bits per heavy atom. The smallest absolute Gasteiger partial charge is 0.127 e. The third-order valence-corrected chi connectivity index (χ3v) is 3.34. The van der Waals surface area contributed by atoms with Gasteiger partial charge in [-0.15, -0.1) is 11.6 Å². The molecule has 0 fully saturated rings. The number of benzene rings is 2. The maximum atomic E-state index is 13.5. The molecule has 0 saturated carbocycles. The molecule has 100 valence electrons. The summed E-state index contributed by atoms with van der Waals surface area (Å²) in [6.07, 6.45) is 0. The zero-order valence-corrected chi connectivity index (χ0v) is 11.8. The Kier molecular flexibility index (Phi) is 5.20. The normalized spacial score (nSPS) is 10.7. The summed E-state index contributed by atoms with van der Waals surface area (Å²) in [5, 5.41) is 3.74. The summed E-state index contributed by atoms with van der Waals surface area (Å²) in [6, 6.07) is 12.6. The molecule has 0 radical (unpaired) electrons. The summed E-state index contributed by atoms with van der Waals surface area (Å²) in [6.45, 7) is 1.11. The number of halogens is 3. The minimum absolute atomic E-state index is 0.244. The van der Waals surface area contributed by atoms with Crippen LogP contribution in [-0.2, 0) is 19.0 Å². The molecule has 0 unspecified atom stereocenters. The van der Waals surface area contributed by atoms with Crippen LogP contribution in [0, 0.1) is 5.82 Å². The molecule has 0 bridgehead atoms. The van der Waals surface area contributed by atoms with E-state index in [9.17, 15) is 4.39 Å². The molecule has 0 atom stereocenters. The average molecular weight is 298 g/mol. The van der Waals surface area contributed by atoms with E-state index in [1.165, 1.54) is 6.07 Å². The van der Waals surface area contributed by atoms with Gasteiger partial charge in [0.25, 0.3) is 0 Å². The number of nitrogens with one attached hydrogen (secondary N) is 1. The standard InChI is InChI=1S/C15H14Cl2FN/c16-8-11-2-1-3-12(6-11)9-19-10-13-7-14(17)4-5-15(13)18/h1-7,19H,8-10H2. The fraction of sp³-hybridized carbons (Fsp3) is 0.200. The van der Waals surface area contributed by atoms with Gasteiger partial charge in [0.2, 0.25) is 0 Å². The van der Waals surface area contributed by atoms with Crippen LogP contribution in [-0.4, -0.2) is 0 Å². The van der Waals surface area contributed by atoms with Crippen LogP contribution >= 0.6 is 23.2 Å². The van der Waals surface area contributed by atoms with Crippen molar-refractivity contribution < 1.29 is 4.39 Å². The lowest BCUT2D eigenvalue weighted by Gasteiger charge is -2.07. The molecular formula is C15H14Cl2FN. The van der Waals surface area contributed by atoms with Crippen LogP contribution in [0.4, 0.5) is 4.39 Å². The SMILES string of the molecule is Fc1ccc(Cl)cc1CNCc1cccc(CCl)c1. The monoisotopic (exact) mass is 297 g/mol. The van der Waals surface area contributed by atoms with Crippen molar-refractivity contribution in [3.05, 3.63) is 70.0 Å². The maximum Gasteiger partial charge on any atom is 0.127 e. The highest BCUT2D eigenvalue weighted by atomic mass is 35.5. The number of rotatable bonds is 5. The van der Waals surface area contributed by atoms with Crippen molar-refractivity contribution in [1.29, 1.82) is 0 Å². The molecule has 0 aliphatic carbocycles. The second kappa shape index (κ2) is 6.90. The summed E-state index contributed by atoms with van der Waals surface area (Å²) < 4.78 is 13.5. The lowest BCUT2D eigenvalue weighted by atomic mass is 10.1. The van der Waals surface area contributed by atoms with Crippen molar-refractivity contribution in [2.75, 3.05) is 0 Å². The Labute approximate surface area is 122 Å². The van der Waals surface area contributed by atoms with Gasteiger partial charge >= 0.3 is 0 Å². The van der Waals surface area contributed by atoms with Gasteiger partial charge in [-0.25, -0.2) is 4.39 Å². The van der Waals surface area contributed by atoms with Crippen molar-refractivity contribution in [1.82, 2.24) is 5.32 Å². The minimum Gasteiger partial charge on any atom is -0.309 e. The van der Waals surface area contributed by atoms with Gasteiger partial charge in [0.1, 0.15) is 5.82 Å². The van der Waals surface area contributed by atoms with Gasteiger partial charge < -0.3 is 5.32 Å². The summed E-state index contributed by atoms with van der Waals surface area (Å²) in [5.74, 6) is 0.253. The molecule has 0 heterocycles. The first-order chi connectivity index (χ1) is 9.19. The van der Waals surface area contributed by atoms with E-state index in [4.69, 9.17) is 23.2 Å². The molecule has 4 heteroatoms. The Morgan fingerprint density at radius 3 is 2.58 bits per heavy atom. The molecule has 0 amide bonds. The molecule has 2 aromatic rings. The molecule has 2 rings (SSSR count). The van der Waals surface area contributed by atoms with E-state index < -0.39 is 0 Å². The summed E-state index contributed by atoms with van der Waals surface area (Å²) in [4.78, 5) is 0. The molecule has 2 aromatic carbocycles. The Balaban J connectivity index is 1.94. The third kappa shape index (κ3) is 4.20. The first-order valence-electron chi connectivity index (χ1n) is 5.97. The molecule has 0 aromatic heterocycles. The summed E-state index contributed by atoms with van der Waals surface area (Å²) in [7, 11) is 0. The maximum absolute atomic E-state index is 13.5. The first kappa shape index (κ1) is 14.3. The lowest BCUT2D eigenvalue weighted by Crippen LogP contribution is -2.13. The van der Waals surface area contributed by atoms with Crippen molar-refractivity contribution in [2.24, 2.45) is 0 Å². The highest BCUT2D eigenvalue weighted by molar-refractivity contribution is 6.30. The van der Waals surface area contributed by atoms with Crippen LogP contribution < -0.4 is 5.32 Å². The molecule has 0 aliphatic heterocycles. The quantitative estimate of drug-likeness (QED) is 0.801. The van der Waals surface area contributed by atoms with Crippen LogP contribution in [0.25, 0.3) is 0 Å². The third-order valence-electron chi connectivity index (χ3n) is 2.80. The highest BCUT2D eigenvalue weighted by Crippen LogP contribution is 2.15. The van der Waals surface area contributed by atoms with E-state index in [2.05, 4.69) is 5.32 Å². The molecular weight excluding hydrogens is 284 g/mol. The molecule has 0 spiro atoms. The van der Waals surface area contributed by atoms with Gasteiger partial charge in [0, 0.05) is 29.6 Å². The van der Waals surface area contributed by atoms with Crippen LogP contribution in [0.2, 0.25) is 5.02 Å². The Bertz CT molecular complexity index is 558.